The molecule has 14 rings (SSSR count). The first-order valence-electron chi connectivity index (χ1n) is 21.5. The molecular weight excluding hydrogens is 749 g/mol. The molecule has 0 radical (unpaired) electrons. The van der Waals surface area contributed by atoms with Crippen LogP contribution >= 0.6 is 0 Å². The second-order valence-corrected chi connectivity index (χ2v) is 16.8. The smallest absolute Gasteiger partial charge is 0.0619 e. The van der Waals surface area contributed by atoms with Gasteiger partial charge in [-0.2, -0.15) is 0 Å². The van der Waals surface area contributed by atoms with Gasteiger partial charge >= 0.3 is 0 Å². The number of aromatic nitrogens is 2. The topological polar surface area (TPSA) is 9.86 Å². The van der Waals surface area contributed by atoms with Gasteiger partial charge in [-0.3, -0.25) is 0 Å². The van der Waals surface area contributed by atoms with Crippen LogP contribution in [0, 0.1) is 0 Å². The minimum Gasteiger partial charge on any atom is -0.309 e. The van der Waals surface area contributed by atoms with Gasteiger partial charge in [0.1, 0.15) is 0 Å². The van der Waals surface area contributed by atoms with E-state index in [1.165, 1.54) is 132 Å². The van der Waals surface area contributed by atoms with Crippen molar-refractivity contribution in [1.29, 1.82) is 0 Å². The van der Waals surface area contributed by atoms with Crippen LogP contribution in [0.2, 0.25) is 0 Å². The van der Waals surface area contributed by atoms with Crippen LogP contribution in [-0.2, 0) is 0 Å². The fourth-order valence-electron chi connectivity index (χ4n) is 10.9. The molecule has 11 aromatic carbocycles. The Hall–Kier alpha value is -8.20. The summed E-state index contributed by atoms with van der Waals surface area (Å²) in [6.07, 6.45) is 0. The van der Waals surface area contributed by atoms with Crippen LogP contribution in [-0.4, -0.2) is 9.13 Å². The molecule has 62 heavy (non-hydrogen) atoms. The van der Waals surface area contributed by atoms with E-state index in [1.807, 2.05) is 0 Å². The highest BCUT2D eigenvalue weighted by Gasteiger charge is 2.23. The molecule has 0 saturated heterocycles. The van der Waals surface area contributed by atoms with Gasteiger partial charge in [0.2, 0.25) is 0 Å². The molecule has 0 unspecified atom stereocenters. The molecule has 0 saturated carbocycles. The van der Waals surface area contributed by atoms with Crippen molar-refractivity contribution in [2.75, 3.05) is 0 Å². The van der Waals surface area contributed by atoms with Gasteiger partial charge in [0.15, 0.2) is 0 Å². The molecule has 13 aromatic rings. The van der Waals surface area contributed by atoms with E-state index >= 15 is 0 Å². The van der Waals surface area contributed by atoms with Crippen LogP contribution in [0.25, 0.3) is 132 Å². The quantitative estimate of drug-likeness (QED) is 0.168. The van der Waals surface area contributed by atoms with Crippen LogP contribution in [0.3, 0.4) is 0 Å². The number of nitrogens with zero attached hydrogens (tertiary/aromatic N) is 2. The Morgan fingerprint density at radius 2 is 0.855 bits per heavy atom. The average Bonchev–Trinajstić information content (AvgIpc) is 3.97. The summed E-state index contributed by atoms with van der Waals surface area (Å²) in [4.78, 5) is 0. The Balaban J connectivity index is 0.930. The molecule has 1 aliphatic carbocycles. The average molecular weight is 785 g/mol. The summed E-state index contributed by atoms with van der Waals surface area (Å²) < 4.78 is 4.91. The van der Waals surface area contributed by atoms with Gasteiger partial charge in [-0.1, -0.05) is 164 Å². The predicted octanol–water partition coefficient (Wildman–Crippen LogP) is 16.3. The van der Waals surface area contributed by atoms with Crippen LogP contribution < -0.4 is 0 Å². The normalized spacial score (nSPS) is 12.2. The third-order valence-corrected chi connectivity index (χ3v) is 13.6. The lowest BCUT2D eigenvalue weighted by Gasteiger charge is -2.15. The molecule has 2 nitrogen and oxygen atoms in total. The van der Waals surface area contributed by atoms with Crippen LogP contribution in [0.15, 0.2) is 218 Å². The molecule has 2 heterocycles. The number of rotatable bonds is 4. The summed E-state index contributed by atoms with van der Waals surface area (Å²) in [6, 6.07) is 81.0. The molecule has 0 spiro atoms. The van der Waals surface area contributed by atoms with Crippen LogP contribution in [0.5, 0.6) is 0 Å². The molecule has 0 aliphatic heterocycles. The van der Waals surface area contributed by atoms with E-state index in [0.717, 1.165) is 0 Å². The minimum atomic E-state index is 1.17. The summed E-state index contributed by atoms with van der Waals surface area (Å²) >= 11 is 0. The first kappa shape index (κ1) is 33.6. The lowest BCUT2D eigenvalue weighted by molar-refractivity contribution is 1.19. The molecule has 0 fully saturated rings. The van der Waals surface area contributed by atoms with Gasteiger partial charge in [0, 0.05) is 38.0 Å². The molecular formula is C60H36N2. The summed E-state index contributed by atoms with van der Waals surface area (Å²) in [6.45, 7) is 0. The van der Waals surface area contributed by atoms with E-state index in [-0.39, 0.29) is 0 Å². The largest absolute Gasteiger partial charge is 0.309 e. The number of para-hydroxylation sites is 2. The van der Waals surface area contributed by atoms with Crippen LogP contribution in [0.1, 0.15) is 0 Å². The number of hydrogen-bond donors (Lipinski definition) is 0. The van der Waals surface area contributed by atoms with Crippen molar-refractivity contribution in [2.45, 2.75) is 0 Å². The molecule has 2 aromatic heterocycles. The Kier molecular flexibility index (Phi) is 6.86. The number of hydrogen-bond acceptors (Lipinski definition) is 0. The molecule has 2 heteroatoms. The maximum Gasteiger partial charge on any atom is 0.0619 e. The van der Waals surface area contributed by atoms with E-state index in [2.05, 4.69) is 228 Å². The summed E-state index contributed by atoms with van der Waals surface area (Å²) in [5.41, 5.74) is 17.4. The predicted molar refractivity (Wildman–Crippen MR) is 263 cm³/mol. The highest BCUT2D eigenvalue weighted by atomic mass is 15.0. The summed E-state index contributed by atoms with van der Waals surface area (Å²) in [5.74, 6) is 0. The standard InChI is InChI=1S/C60H36N2/c1-2-15-42(16-3-1)61-57-32-28-40(35-54(57)51-31-26-37-12-4-5-17-44(37)60(51)61)39-29-33-58-53(34-39)48-18-6-7-24-55(48)62(58)56-25-11-20-45-43(19-10-21-47(45)56)41-27-30-46-49-22-8-13-38-14-9-23-50(59(38)49)52(46)36-41/h1-36H. The first-order chi connectivity index (χ1) is 30.8. The lowest BCUT2D eigenvalue weighted by Crippen LogP contribution is -1.96. The third kappa shape index (κ3) is 4.64. The van der Waals surface area contributed by atoms with Gasteiger partial charge in [0.25, 0.3) is 0 Å². The van der Waals surface area contributed by atoms with Crippen molar-refractivity contribution in [2.24, 2.45) is 0 Å². The van der Waals surface area contributed by atoms with Crippen molar-refractivity contribution >= 4 is 75.9 Å². The summed E-state index contributed by atoms with van der Waals surface area (Å²) in [5, 5.41) is 12.7. The van der Waals surface area contributed by atoms with Crippen molar-refractivity contribution < 1.29 is 0 Å². The maximum absolute atomic E-state index is 2.47. The van der Waals surface area contributed by atoms with Gasteiger partial charge in [-0.15, -0.1) is 0 Å². The Morgan fingerprint density at radius 3 is 1.69 bits per heavy atom. The SMILES string of the molecule is c1ccc(-n2c3ccc(-c4ccc5c(c4)c4ccccc4n5-c4cccc5c(-c6ccc7c(c6)-c6cccc8cccc-7c68)cccc45)cc3c3ccc4ccccc4c32)cc1. The second kappa shape index (κ2) is 12.7. The highest BCUT2D eigenvalue weighted by Crippen LogP contribution is 2.49. The number of benzene rings is 11. The second-order valence-electron chi connectivity index (χ2n) is 16.8. The lowest BCUT2D eigenvalue weighted by atomic mass is 9.93. The van der Waals surface area contributed by atoms with Gasteiger partial charge in [-0.05, 0) is 121 Å². The van der Waals surface area contributed by atoms with E-state index in [9.17, 15) is 0 Å². The van der Waals surface area contributed by atoms with E-state index in [0.29, 0.717) is 0 Å². The van der Waals surface area contributed by atoms with E-state index < -0.39 is 0 Å². The molecule has 0 N–H and O–H groups in total. The zero-order valence-corrected chi connectivity index (χ0v) is 33.7. The van der Waals surface area contributed by atoms with Crippen molar-refractivity contribution in [3.05, 3.63) is 218 Å². The molecule has 286 valence electrons. The highest BCUT2D eigenvalue weighted by molar-refractivity contribution is 6.20. The van der Waals surface area contributed by atoms with Gasteiger partial charge < -0.3 is 9.13 Å². The minimum absolute atomic E-state index is 1.17. The molecule has 0 amide bonds. The van der Waals surface area contributed by atoms with E-state index in [1.54, 1.807) is 0 Å². The zero-order chi connectivity index (χ0) is 40.5. The third-order valence-electron chi connectivity index (χ3n) is 13.6. The van der Waals surface area contributed by atoms with Crippen molar-refractivity contribution in [3.63, 3.8) is 0 Å². The molecule has 1 aliphatic rings. The van der Waals surface area contributed by atoms with Gasteiger partial charge in [-0.25, -0.2) is 0 Å². The van der Waals surface area contributed by atoms with Crippen molar-refractivity contribution in [3.8, 4) is 55.9 Å². The molecule has 0 bridgehead atoms. The number of fused-ring (bicyclic) bond motifs is 12. The first-order valence-corrected chi connectivity index (χ1v) is 21.5. The van der Waals surface area contributed by atoms with Crippen molar-refractivity contribution in [1.82, 2.24) is 9.13 Å². The van der Waals surface area contributed by atoms with Gasteiger partial charge in [0.05, 0.1) is 27.8 Å². The Bertz CT molecular complexity index is 4030. The molecule has 0 atom stereocenters. The Labute approximate surface area is 357 Å². The van der Waals surface area contributed by atoms with E-state index in [4.69, 9.17) is 0 Å². The monoisotopic (exact) mass is 784 g/mol. The fraction of sp³-hybridized carbons (Fsp3) is 0. The fourth-order valence-corrected chi connectivity index (χ4v) is 10.9. The Morgan fingerprint density at radius 1 is 0.258 bits per heavy atom. The maximum atomic E-state index is 2.47. The van der Waals surface area contributed by atoms with Crippen LogP contribution in [0.4, 0.5) is 0 Å². The zero-order valence-electron chi connectivity index (χ0n) is 33.7. The summed E-state index contributed by atoms with van der Waals surface area (Å²) in [7, 11) is 0.